The van der Waals surface area contributed by atoms with Gasteiger partial charge in [0.15, 0.2) is 11.5 Å². The maximum atomic E-state index is 10.9. The summed E-state index contributed by atoms with van der Waals surface area (Å²) >= 11 is 0. The van der Waals surface area contributed by atoms with Crippen LogP contribution in [0.15, 0.2) is 42.5 Å². The summed E-state index contributed by atoms with van der Waals surface area (Å²) in [6.45, 7) is 0. The van der Waals surface area contributed by atoms with E-state index in [2.05, 4.69) is 11.1 Å². The molecule has 0 saturated carbocycles. The van der Waals surface area contributed by atoms with Gasteiger partial charge in [0.25, 0.3) is 5.69 Å². The van der Waals surface area contributed by atoms with E-state index in [1.165, 1.54) is 33.5 Å². The van der Waals surface area contributed by atoms with E-state index < -0.39 is 4.92 Å². The van der Waals surface area contributed by atoms with Crippen LogP contribution < -0.4 is 19.9 Å². The van der Waals surface area contributed by atoms with E-state index in [0.717, 1.165) is 0 Å². The lowest BCUT2D eigenvalue weighted by molar-refractivity contribution is -0.384. The number of aromatic nitrogens is 1. The average Bonchev–Trinajstić information content (AvgIpc) is 2.77. The van der Waals surface area contributed by atoms with Crippen LogP contribution in [0.25, 0.3) is 22.4 Å². The minimum atomic E-state index is -0.482. The zero-order valence-electron chi connectivity index (χ0n) is 16.5. The van der Waals surface area contributed by atoms with Crippen molar-refractivity contribution in [3.05, 3.63) is 58.1 Å². The topological polar surface area (TPSA) is 134 Å². The first-order chi connectivity index (χ1) is 14.4. The van der Waals surface area contributed by atoms with Gasteiger partial charge in [-0.1, -0.05) is 0 Å². The first-order valence-electron chi connectivity index (χ1n) is 8.69. The van der Waals surface area contributed by atoms with E-state index in [1.54, 1.807) is 30.3 Å². The normalized spacial score (nSPS) is 10.2. The maximum absolute atomic E-state index is 10.9. The van der Waals surface area contributed by atoms with Gasteiger partial charge < -0.3 is 19.9 Å². The number of hydrogen-bond donors (Lipinski definition) is 1. The molecule has 3 aromatic rings. The van der Waals surface area contributed by atoms with Crippen molar-refractivity contribution in [1.29, 1.82) is 5.26 Å². The van der Waals surface area contributed by atoms with Crippen molar-refractivity contribution in [2.45, 2.75) is 0 Å². The Labute approximate surface area is 172 Å². The zero-order valence-corrected chi connectivity index (χ0v) is 16.5. The number of rotatable bonds is 6. The summed E-state index contributed by atoms with van der Waals surface area (Å²) in [7, 11) is 4.47. The van der Waals surface area contributed by atoms with Crippen LogP contribution in [-0.4, -0.2) is 31.2 Å². The summed E-state index contributed by atoms with van der Waals surface area (Å²) in [5, 5.41) is 20.6. The molecular weight excluding hydrogens is 388 g/mol. The summed E-state index contributed by atoms with van der Waals surface area (Å²) in [5.74, 6) is 1.23. The Morgan fingerprint density at radius 2 is 1.67 bits per heavy atom. The molecule has 0 saturated heterocycles. The number of benzene rings is 2. The molecule has 9 heteroatoms. The van der Waals surface area contributed by atoms with Crippen LogP contribution in [0.4, 0.5) is 11.5 Å². The molecule has 0 fully saturated rings. The highest BCUT2D eigenvalue weighted by Crippen LogP contribution is 2.46. The van der Waals surface area contributed by atoms with E-state index >= 15 is 0 Å². The van der Waals surface area contributed by atoms with Crippen molar-refractivity contribution in [3.8, 4) is 45.7 Å². The molecule has 9 nitrogen and oxygen atoms in total. The lowest BCUT2D eigenvalue weighted by Gasteiger charge is -2.17. The van der Waals surface area contributed by atoms with E-state index in [9.17, 15) is 15.4 Å². The van der Waals surface area contributed by atoms with Crippen LogP contribution in [-0.2, 0) is 0 Å². The van der Waals surface area contributed by atoms with E-state index in [4.69, 9.17) is 19.9 Å². The van der Waals surface area contributed by atoms with Gasteiger partial charge in [-0.15, -0.1) is 0 Å². The van der Waals surface area contributed by atoms with Gasteiger partial charge in [-0.3, -0.25) is 10.1 Å². The third kappa shape index (κ3) is 3.54. The van der Waals surface area contributed by atoms with Gasteiger partial charge in [-0.25, -0.2) is 4.98 Å². The van der Waals surface area contributed by atoms with Gasteiger partial charge in [0.1, 0.15) is 17.5 Å². The second kappa shape index (κ2) is 8.36. The number of anilines is 1. The van der Waals surface area contributed by atoms with Crippen LogP contribution in [0.1, 0.15) is 5.56 Å². The fraction of sp³-hybridized carbons (Fsp3) is 0.143. The van der Waals surface area contributed by atoms with Crippen molar-refractivity contribution in [2.24, 2.45) is 0 Å². The Hall–Kier alpha value is -4.32. The first kappa shape index (κ1) is 20.4. The highest BCUT2D eigenvalue weighted by molar-refractivity contribution is 5.85. The standard InChI is InChI=1S/C21H18N4O5/c1-28-18-9-8-14(19(29-2)20(18)30-3)15-10-17(24-21(23)16(15)11-22)12-4-6-13(7-5-12)25(26)27/h4-10H,1-3H3,(H2,23,24). The van der Waals surface area contributed by atoms with E-state index in [-0.39, 0.29) is 17.1 Å². The Bertz CT molecular complexity index is 1150. The summed E-state index contributed by atoms with van der Waals surface area (Å²) in [4.78, 5) is 14.7. The minimum Gasteiger partial charge on any atom is -0.493 e. The molecule has 0 aliphatic carbocycles. The number of nitriles is 1. The smallest absolute Gasteiger partial charge is 0.269 e. The monoisotopic (exact) mass is 406 g/mol. The van der Waals surface area contributed by atoms with Crippen LogP contribution in [0.3, 0.4) is 0 Å². The van der Waals surface area contributed by atoms with Gasteiger partial charge in [0, 0.05) is 28.8 Å². The molecule has 0 radical (unpaired) electrons. The maximum Gasteiger partial charge on any atom is 0.269 e. The predicted molar refractivity (Wildman–Crippen MR) is 111 cm³/mol. The molecule has 0 spiro atoms. The summed E-state index contributed by atoms with van der Waals surface area (Å²) in [6, 6.07) is 13.1. The molecule has 0 unspecified atom stereocenters. The van der Waals surface area contributed by atoms with Gasteiger partial charge in [-0.05, 0) is 30.3 Å². The number of nitrogen functional groups attached to an aromatic ring is 1. The molecule has 1 aromatic heterocycles. The van der Waals surface area contributed by atoms with Crippen molar-refractivity contribution >= 4 is 11.5 Å². The fourth-order valence-corrected chi connectivity index (χ4v) is 3.11. The zero-order chi connectivity index (χ0) is 21.8. The second-order valence-electron chi connectivity index (χ2n) is 6.11. The van der Waals surface area contributed by atoms with Crippen LogP contribution in [0.2, 0.25) is 0 Å². The van der Waals surface area contributed by atoms with Crippen LogP contribution in [0, 0.1) is 21.4 Å². The summed E-state index contributed by atoms with van der Waals surface area (Å²) < 4.78 is 16.3. The van der Waals surface area contributed by atoms with Gasteiger partial charge in [0.2, 0.25) is 5.75 Å². The summed E-state index contributed by atoms with van der Waals surface area (Å²) in [6.07, 6.45) is 0. The predicted octanol–water partition coefficient (Wildman–Crippen LogP) is 3.80. The molecule has 0 bridgehead atoms. The third-order valence-electron chi connectivity index (χ3n) is 4.53. The van der Waals surface area contributed by atoms with Crippen molar-refractivity contribution < 1.29 is 19.1 Å². The molecule has 0 amide bonds. The molecule has 30 heavy (non-hydrogen) atoms. The Morgan fingerprint density at radius 3 is 2.20 bits per heavy atom. The van der Waals surface area contributed by atoms with Crippen molar-refractivity contribution in [3.63, 3.8) is 0 Å². The molecule has 2 aromatic carbocycles. The number of pyridine rings is 1. The molecule has 1 heterocycles. The molecular formula is C21H18N4O5. The largest absolute Gasteiger partial charge is 0.493 e. The first-order valence-corrected chi connectivity index (χ1v) is 8.69. The molecule has 2 N–H and O–H groups in total. The molecule has 0 aliphatic heterocycles. The quantitative estimate of drug-likeness (QED) is 0.482. The number of hydrogen-bond acceptors (Lipinski definition) is 8. The van der Waals surface area contributed by atoms with Gasteiger partial charge in [-0.2, -0.15) is 5.26 Å². The Balaban J connectivity index is 2.25. The number of nitrogens with two attached hydrogens (primary N) is 1. The SMILES string of the molecule is COc1ccc(-c2cc(-c3ccc([N+](=O)[O-])cc3)nc(N)c2C#N)c(OC)c1OC. The van der Waals surface area contributed by atoms with E-state index in [1.807, 2.05) is 0 Å². The van der Waals surface area contributed by atoms with Gasteiger partial charge in [0.05, 0.1) is 31.9 Å². The number of nitro groups is 1. The van der Waals surface area contributed by atoms with Crippen LogP contribution in [0.5, 0.6) is 17.2 Å². The Kier molecular flexibility index (Phi) is 5.69. The number of ether oxygens (including phenoxy) is 3. The Morgan fingerprint density at radius 1 is 1.00 bits per heavy atom. The van der Waals surface area contributed by atoms with Crippen molar-refractivity contribution in [1.82, 2.24) is 4.98 Å². The molecule has 152 valence electrons. The van der Waals surface area contributed by atoms with Crippen LogP contribution >= 0.6 is 0 Å². The molecule has 0 aliphatic rings. The fourth-order valence-electron chi connectivity index (χ4n) is 3.11. The molecule has 3 rings (SSSR count). The second-order valence-corrected chi connectivity index (χ2v) is 6.11. The highest BCUT2D eigenvalue weighted by Gasteiger charge is 2.22. The number of nitro benzene ring substituents is 1. The number of methoxy groups -OCH3 is 3. The van der Waals surface area contributed by atoms with E-state index in [0.29, 0.717) is 39.6 Å². The van der Waals surface area contributed by atoms with Gasteiger partial charge >= 0.3 is 0 Å². The minimum absolute atomic E-state index is 0.0280. The lowest BCUT2D eigenvalue weighted by atomic mass is 9.97. The number of non-ortho nitro benzene ring substituents is 1. The summed E-state index contributed by atoms with van der Waals surface area (Å²) in [5.41, 5.74) is 8.30. The third-order valence-corrected chi connectivity index (χ3v) is 4.53. The lowest BCUT2D eigenvalue weighted by Crippen LogP contribution is -2.02. The van der Waals surface area contributed by atoms with Crippen molar-refractivity contribution in [2.75, 3.05) is 27.1 Å². The average molecular weight is 406 g/mol. The highest BCUT2D eigenvalue weighted by atomic mass is 16.6. The number of nitrogens with zero attached hydrogens (tertiary/aromatic N) is 3. The molecule has 0 atom stereocenters.